The zero-order valence-electron chi connectivity index (χ0n) is 46.9. The first-order valence-corrected chi connectivity index (χ1v) is 17.2. The third-order valence-corrected chi connectivity index (χ3v) is 8.84. The molecular formula is C51H34N4O. The first-order valence-electron chi connectivity index (χ1n) is 26.2. The molecule has 0 aliphatic rings. The molecule has 8 aromatic carbocycles. The van der Waals surface area contributed by atoms with Gasteiger partial charge in [0.1, 0.15) is 11.2 Å². The summed E-state index contributed by atoms with van der Waals surface area (Å²) in [5.41, 5.74) is -1.64. The Hall–Kier alpha value is -7.63. The second kappa shape index (κ2) is 14.3. The first kappa shape index (κ1) is 19.1. The molecule has 0 atom stereocenters. The summed E-state index contributed by atoms with van der Waals surface area (Å²) in [6.07, 6.45) is 0. The summed E-state index contributed by atoms with van der Waals surface area (Å²) in [6, 6.07) is 12.5. The Morgan fingerprint density at radius 1 is 0.393 bits per heavy atom. The summed E-state index contributed by atoms with van der Waals surface area (Å²) in [4.78, 5) is 15.2. The van der Waals surface area contributed by atoms with Crippen molar-refractivity contribution < 1.29 is 29.1 Å². The van der Waals surface area contributed by atoms with Crippen LogP contribution in [0.4, 0.5) is 17.1 Å². The van der Waals surface area contributed by atoms with Crippen molar-refractivity contribution in [1.29, 1.82) is 0 Å². The third-order valence-electron chi connectivity index (χ3n) is 8.84. The van der Waals surface area contributed by atoms with Crippen molar-refractivity contribution in [3.8, 4) is 56.4 Å². The molecule has 5 heteroatoms. The molecule has 2 aromatic heterocycles. The lowest BCUT2D eigenvalue weighted by Gasteiger charge is -2.25. The maximum absolute atomic E-state index is 9.46. The molecule has 0 bridgehead atoms. The zero-order valence-corrected chi connectivity index (χ0v) is 28.9. The maximum atomic E-state index is 9.46. The molecule has 2 heterocycles. The highest BCUT2D eigenvalue weighted by Gasteiger charge is 2.20. The Morgan fingerprint density at radius 3 is 1.43 bits per heavy atom. The number of hydrogen-bond acceptors (Lipinski definition) is 5. The van der Waals surface area contributed by atoms with Crippen molar-refractivity contribution in [3.05, 3.63) is 206 Å². The summed E-state index contributed by atoms with van der Waals surface area (Å²) < 4.78 is 167. The smallest absolute Gasteiger partial charge is 0.164 e. The topological polar surface area (TPSA) is 55.1 Å². The van der Waals surface area contributed by atoms with E-state index >= 15 is 0 Å². The highest BCUT2D eigenvalue weighted by Crippen LogP contribution is 2.41. The summed E-state index contributed by atoms with van der Waals surface area (Å²) in [5.74, 6) is 0.864. The summed E-state index contributed by atoms with van der Waals surface area (Å²) in [6.45, 7) is 0. The molecular weight excluding hydrogens is 685 g/mol. The van der Waals surface area contributed by atoms with Gasteiger partial charge in [-0.1, -0.05) is 151 Å². The number of aromatic nitrogens is 3. The van der Waals surface area contributed by atoms with Gasteiger partial charge < -0.3 is 9.32 Å². The van der Waals surface area contributed by atoms with Crippen molar-refractivity contribution in [2.45, 2.75) is 0 Å². The Labute approximate surface area is 350 Å². The normalized spacial score (nSPS) is 15.7. The van der Waals surface area contributed by atoms with E-state index in [2.05, 4.69) is 0 Å². The average molecular weight is 737 g/mol. The van der Waals surface area contributed by atoms with Crippen LogP contribution < -0.4 is 4.90 Å². The van der Waals surface area contributed by atoms with Crippen LogP contribution in [0.2, 0.25) is 0 Å². The molecule has 264 valence electrons. The standard InChI is InChI=1S/C51H34N4O/c1-5-15-38(16-6-1)49-52-50(39-17-7-2-8-18-39)54-51(53-49)45-33-40(34-47-48(45)44-23-13-14-24-46(44)56-47)37-27-25-35(26-28-37)36-29-31-43(32-30-36)55(41-19-9-3-10-20-41)42-21-11-4-12-22-42/h1-34H/i3D,4D,9D,10D,11D,12D,19D,20D,21D,22D,25D,26D,27D,28D,29D,30D,31D,32D. The third kappa shape index (κ3) is 6.27. The van der Waals surface area contributed by atoms with Crippen molar-refractivity contribution in [2.75, 3.05) is 4.90 Å². The molecule has 56 heavy (non-hydrogen) atoms. The van der Waals surface area contributed by atoms with Gasteiger partial charge in [0.25, 0.3) is 0 Å². The van der Waals surface area contributed by atoms with Crippen LogP contribution in [0.3, 0.4) is 0 Å². The SMILES string of the molecule is [2H]c1c([2H])c([2H])c(N(c2c([2H])c([2H])c([2H])c([2H])c2[2H])c2c([2H])c([2H])c(-c3c([2H])c([2H])c(-c4cc(-c5nc(-c6ccccc6)nc(-c6ccccc6)n5)c5c(c4)oc4ccccc45)c([2H])c3[2H])c([2H])c2[2H])c([2H])c1[2H]. The Bertz CT molecular complexity index is 3780. The van der Waals surface area contributed by atoms with Gasteiger partial charge >= 0.3 is 0 Å². The van der Waals surface area contributed by atoms with Gasteiger partial charge in [0.15, 0.2) is 17.5 Å². The number of rotatable bonds is 8. The number of nitrogens with zero attached hydrogens (tertiary/aromatic N) is 4. The summed E-state index contributed by atoms with van der Waals surface area (Å²) in [7, 11) is 0. The van der Waals surface area contributed by atoms with E-state index in [4.69, 9.17) is 33.1 Å². The molecule has 0 aliphatic carbocycles. The lowest BCUT2D eigenvalue weighted by Crippen LogP contribution is -2.09. The van der Waals surface area contributed by atoms with Gasteiger partial charge in [0, 0.05) is 44.5 Å². The molecule has 0 saturated heterocycles. The predicted octanol–water partition coefficient (Wildman–Crippen LogP) is 13.6. The van der Waals surface area contributed by atoms with E-state index in [0.29, 0.717) is 49.6 Å². The van der Waals surface area contributed by atoms with Crippen molar-refractivity contribution in [1.82, 2.24) is 15.0 Å². The van der Waals surface area contributed by atoms with Crippen LogP contribution in [-0.4, -0.2) is 15.0 Å². The van der Waals surface area contributed by atoms with E-state index in [-0.39, 0.29) is 22.5 Å². The fourth-order valence-corrected chi connectivity index (χ4v) is 6.27. The zero-order chi connectivity index (χ0) is 52.9. The van der Waals surface area contributed by atoms with Crippen LogP contribution in [0.25, 0.3) is 78.4 Å². The van der Waals surface area contributed by atoms with E-state index < -0.39 is 137 Å². The summed E-state index contributed by atoms with van der Waals surface area (Å²) in [5, 5.41) is 1.26. The number of anilines is 3. The van der Waals surface area contributed by atoms with E-state index in [0.717, 1.165) is 0 Å². The van der Waals surface area contributed by atoms with Gasteiger partial charge in [-0.2, -0.15) is 0 Å². The van der Waals surface area contributed by atoms with Gasteiger partial charge in [-0.05, 0) is 76.7 Å². The highest BCUT2D eigenvalue weighted by atomic mass is 16.3. The predicted molar refractivity (Wildman–Crippen MR) is 229 cm³/mol. The fourth-order valence-electron chi connectivity index (χ4n) is 6.27. The monoisotopic (exact) mass is 736 g/mol. The second-order valence-corrected chi connectivity index (χ2v) is 12.3. The number of hydrogen-bond donors (Lipinski definition) is 0. The van der Waals surface area contributed by atoms with Crippen molar-refractivity contribution >= 4 is 39.0 Å². The van der Waals surface area contributed by atoms with Gasteiger partial charge in [-0.15, -0.1) is 0 Å². The summed E-state index contributed by atoms with van der Waals surface area (Å²) >= 11 is 0. The maximum Gasteiger partial charge on any atom is 0.164 e. The molecule has 0 radical (unpaired) electrons. The van der Waals surface area contributed by atoms with Crippen LogP contribution in [0.1, 0.15) is 24.7 Å². The Balaban J connectivity index is 1.21. The lowest BCUT2D eigenvalue weighted by molar-refractivity contribution is 0.669. The molecule has 0 spiro atoms. The molecule has 0 saturated carbocycles. The van der Waals surface area contributed by atoms with Gasteiger partial charge in [0.05, 0.1) is 24.7 Å². The minimum Gasteiger partial charge on any atom is -0.456 e. The van der Waals surface area contributed by atoms with Crippen LogP contribution in [0.15, 0.2) is 210 Å². The van der Waals surface area contributed by atoms with Gasteiger partial charge in [-0.25, -0.2) is 15.0 Å². The molecule has 0 amide bonds. The second-order valence-electron chi connectivity index (χ2n) is 12.3. The molecule has 0 unspecified atom stereocenters. The van der Waals surface area contributed by atoms with Gasteiger partial charge in [-0.3, -0.25) is 0 Å². The van der Waals surface area contributed by atoms with Crippen LogP contribution in [-0.2, 0) is 0 Å². The minimum atomic E-state index is -1.05. The van der Waals surface area contributed by atoms with E-state index in [1.807, 2.05) is 72.8 Å². The lowest BCUT2D eigenvalue weighted by atomic mass is 9.96. The number of fused-ring (bicyclic) bond motifs is 3. The fraction of sp³-hybridized carbons (Fsp3) is 0. The highest BCUT2D eigenvalue weighted by molar-refractivity contribution is 6.13. The van der Waals surface area contributed by atoms with E-state index in [1.54, 1.807) is 24.3 Å². The number of para-hydroxylation sites is 3. The van der Waals surface area contributed by atoms with Crippen LogP contribution in [0.5, 0.6) is 0 Å². The molecule has 0 aliphatic heterocycles. The number of benzene rings is 8. The molecule has 5 nitrogen and oxygen atoms in total. The van der Waals surface area contributed by atoms with Crippen molar-refractivity contribution in [3.63, 3.8) is 0 Å². The van der Waals surface area contributed by atoms with E-state index in [1.165, 1.54) is 0 Å². The molecule has 10 aromatic rings. The Kier molecular flexibility index (Phi) is 4.88. The van der Waals surface area contributed by atoms with Crippen LogP contribution in [0, 0.1) is 0 Å². The largest absolute Gasteiger partial charge is 0.456 e. The quantitative estimate of drug-likeness (QED) is 0.155. The van der Waals surface area contributed by atoms with Crippen molar-refractivity contribution in [2.24, 2.45) is 0 Å². The average Bonchev–Trinajstić information content (AvgIpc) is 3.79. The van der Waals surface area contributed by atoms with Crippen LogP contribution >= 0.6 is 0 Å². The number of furan rings is 1. The minimum absolute atomic E-state index is 0.126. The first-order chi connectivity index (χ1) is 35.2. The van der Waals surface area contributed by atoms with Gasteiger partial charge in [0.2, 0.25) is 0 Å². The molecule has 0 N–H and O–H groups in total. The molecule has 0 fully saturated rings. The van der Waals surface area contributed by atoms with E-state index in [9.17, 15) is 11.0 Å². The Morgan fingerprint density at radius 2 is 0.857 bits per heavy atom. The molecule has 10 rings (SSSR count).